The van der Waals surface area contributed by atoms with Crippen LogP contribution in [0.5, 0.6) is 5.75 Å². The number of nitrogens with one attached hydrogen (secondary N) is 1. The van der Waals surface area contributed by atoms with Gasteiger partial charge in [0, 0.05) is 12.0 Å². The maximum absolute atomic E-state index is 11.4. The molecule has 1 heterocycles. The van der Waals surface area contributed by atoms with Crippen molar-refractivity contribution in [2.24, 2.45) is 5.73 Å². The van der Waals surface area contributed by atoms with Crippen LogP contribution in [-0.2, 0) is 10.3 Å². The highest BCUT2D eigenvalue weighted by Crippen LogP contribution is 2.36. The third-order valence-electron chi connectivity index (χ3n) is 2.78. The number of fused-ring (bicyclic) bond motifs is 1. The molecule has 0 fully saturated rings. The van der Waals surface area contributed by atoms with E-state index >= 15 is 0 Å². The second-order valence-electron chi connectivity index (χ2n) is 3.79. The van der Waals surface area contributed by atoms with Gasteiger partial charge in [-0.05, 0) is 6.07 Å². The van der Waals surface area contributed by atoms with Gasteiger partial charge in [0.15, 0.2) is 5.54 Å². The van der Waals surface area contributed by atoms with Gasteiger partial charge in [0.1, 0.15) is 5.75 Å². The summed E-state index contributed by atoms with van der Waals surface area (Å²) in [6, 6.07) is 5.83. The van der Waals surface area contributed by atoms with Crippen LogP contribution in [0, 0.1) is 0 Å². The molecule has 2 rings (SSSR count). The van der Waals surface area contributed by atoms with Crippen LogP contribution in [0.2, 0.25) is 0 Å². The van der Waals surface area contributed by atoms with Gasteiger partial charge >= 0.3 is 12.0 Å². The van der Waals surface area contributed by atoms with E-state index in [1.165, 1.54) is 0 Å². The molecule has 6 nitrogen and oxygen atoms in total. The molecule has 0 radical (unpaired) electrons. The largest absolute Gasteiger partial charge is 0.493 e. The van der Waals surface area contributed by atoms with Gasteiger partial charge in [0.25, 0.3) is 0 Å². The Balaban J connectivity index is 2.55. The van der Waals surface area contributed by atoms with Gasteiger partial charge in [0.2, 0.25) is 0 Å². The molecular weight excluding hydrogens is 224 g/mol. The molecule has 0 bridgehead atoms. The molecule has 1 aromatic carbocycles. The summed E-state index contributed by atoms with van der Waals surface area (Å²) >= 11 is 0. The van der Waals surface area contributed by atoms with E-state index in [2.05, 4.69) is 5.32 Å². The molecule has 1 aromatic rings. The van der Waals surface area contributed by atoms with Crippen molar-refractivity contribution in [3.63, 3.8) is 0 Å². The van der Waals surface area contributed by atoms with Crippen molar-refractivity contribution in [2.75, 3.05) is 6.61 Å². The van der Waals surface area contributed by atoms with Crippen LogP contribution in [0.25, 0.3) is 0 Å². The smallest absolute Gasteiger partial charge is 0.334 e. The third kappa shape index (κ3) is 1.77. The quantitative estimate of drug-likeness (QED) is 0.692. The fourth-order valence-electron chi connectivity index (χ4n) is 2.01. The van der Waals surface area contributed by atoms with Gasteiger partial charge in [-0.25, -0.2) is 9.59 Å². The molecule has 1 aliphatic rings. The molecule has 0 aliphatic carbocycles. The zero-order chi connectivity index (χ0) is 12.5. The number of nitrogens with two attached hydrogens (primary N) is 1. The second-order valence-corrected chi connectivity index (χ2v) is 3.79. The molecule has 0 aromatic heterocycles. The molecule has 1 unspecified atom stereocenters. The van der Waals surface area contributed by atoms with Crippen molar-refractivity contribution >= 4 is 12.0 Å². The lowest BCUT2D eigenvalue weighted by molar-refractivity contribution is -0.146. The number of urea groups is 1. The summed E-state index contributed by atoms with van der Waals surface area (Å²) < 4.78 is 5.36. The van der Waals surface area contributed by atoms with E-state index in [0.717, 1.165) is 0 Å². The SMILES string of the molecule is NC(=O)NC1(C(=O)O)CCOc2ccccc21. The fourth-order valence-corrected chi connectivity index (χ4v) is 2.01. The number of primary amides is 1. The van der Waals surface area contributed by atoms with Crippen molar-refractivity contribution in [3.05, 3.63) is 29.8 Å². The number of carbonyl (C=O) groups excluding carboxylic acids is 1. The first-order valence-corrected chi connectivity index (χ1v) is 5.09. The van der Waals surface area contributed by atoms with Crippen molar-refractivity contribution < 1.29 is 19.4 Å². The van der Waals surface area contributed by atoms with Crippen LogP contribution in [0.1, 0.15) is 12.0 Å². The lowest BCUT2D eigenvalue weighted by Gasteiger charge is -2.35. The molecule has 1 aliphatic heterocycles. The number of rotatable bonds is 2. The van der Waals surface area contributed by atoms with E-state index in [1.807, 2.05) is 0 Å². The number of hydrogen-bond donors (Lipinski definition) is 3. The number of amides is 2. The zero-order valence-corrected chi connectivity index (χ0v) is 8.97. The molecule has 6 heteroatoms. The predicted octanol–water partition coefficient (Wildman–Crippen LogP) is 0.417. The molecule has 4 N–H and O–H groups in total. The number of aliphatic carboxylic acids is 1. The second kappa shape index (κ2) is 3.97. The number of ether oxygens (including phenoxy) is 1. The number of para-hydroxylation sites is 1. The monoisotopic (exact) mass is 236 g/mol. The lowest BCUT2D eigenvalue weighted by Crippen LogP contribution is -2.55. The Bertz CT molecular complexity index is 474. The standard InChI is InChI=1S/C11H12N2O4/c12-10(16)13-11(9(14)15)5-6-17-8-4-2-1-3-7(8)11/h1-4H,5-6H2,(H,14,15)(H3,12,13,16). The summed E-state index contributed by atoms with van der Waals surface area (Å²) in [5, 5.41) is 11.7. The van der Waals surface area contributed by atoms with E-state index < -0.39 is 17.5 Å². The van der Waals surface area contributed by atoms with Crippen molar-refractivity contribution in [1.29, 1.82) is 0 Å². The highest BCUT2D eigenvalue weighted by Gasteiger charge is 2.45. The Labute approximate surface area is 97.4 Å². The van der Waals surface area contributed by atoms with Crippen molar-refractivity contribution in [3.8, 4) is 5.75 Å². The van der Waals surface area contributed by atoms with Crippen LogP contribution in [0.15, 0.2) is 24.3 Å². The van der Waals surface area contributed by atoms with Gasteiger partial charge in [0.05, 0.1) is 6.61 Å². The molecular formula is C11H12N2O4. The minimum Gasteiger partial charge on any atom is -0.493 e. The van der Waals surface area contributed by atoms with E-state index in [1.54, 1.807) is 24.3 Å². The summed E-state index contributed by atoms with van der Waals surface area (Å²) in [5.41, 5.74) is 3.96. The minimum atomic E-state index is -1.50. The lowest BCUT2D eigenvalue weighted by atomic mass is 9.84. The van der Waals surface area contributed by atoms with Crippen molar-refractivity contribution in [1.82, 2.24) is 5.32 Å². The third-order valence-corrected chi connectivity index (χ3v) is 2.78. The summed E-state index contributed by atoms with van der Waals surface area (Å²) in [7, 11) is 0. The van der Waals surface area contributed by atoms with E-state index in [4.69, 9.17) is 10.5 Å². The summed E-state index contributed by atoms with van der Waals surface area (Å²) in [5.74, 6) is -0.693. The van der Waals surface area contributed by atoms with Crippen LogP contribution >= 0.6 is 0 Å². The number of carbonyl (C=O) groups is 2. The average Bonchev–Trinajstić information content (AvgIpc) is 2.28. The zero-order valence-electron chi connectivity index (χ0n) is 8.97. The Kier molecular flexibility index (Phi) is 2.63. The van der Waals surface area contributed by atoms with E-state index in [-0.39, 0.29) is 13.0 Å². The van der Waals surface area contributed by atoms with Crippen LogP contribution in [-0.4, -0.2) is 23.7 Å². The molecule has 17 heavy (non-hydrogen) atoms. The first-order chi connectivity index (χ1) is 8.06. The van der Waals surface area contributed by atoms with E-state index in [9.17, 15) is 14.7 Å². The Morgan fingerprint density at radius 1 is 1.41 bits per heavy atom. The number of carboxylic acids is 1. The fraction of sp³-hybridized carbons (Fsp3) is 0.273. The highest BCUT2D eigenvalue weighted by molar-refractivity contribution is 5.88. The molecule has 0 saturated heterocycles. The highest BCUT2D eigenvalue weighted by atomic mass is 16.5. The summed E-state index contributed by atoms with van der Waals surface area (Å²) in [6.07, 6.45) is 0.141. The number of benzene rings is 1. The molecule has 1 atom stereocenters. The molecule has 2 amide bonds. The first kappa shape index (κ1) is 11.3. The maximum atomic E-state index is 11.4. The van der Waals surface area contributed by atoms with Crippen LogP contribution in [0.4, 0.5) is 4.79 Å². The molecule has 0 spiro atoms. The minimum absolute atomic E-state index is 0.141. The summed E-state index contributed by atoms with van der Waals surface area (Å²) in [6.45, 7) is 0.212. The number of carboxylic acid groups (broad SMARTS) is 1. The van der Waals surface area contributed by atoms with Gasteiger partial charge in [-0.2, -0.15) is 0 Å². The average molecular weight is 236 g/mol. The van der Waals surface area contributed by atoms with Gasteiger partial charge in [-0.15, -0.1) is 0 Å². The van der Waals surface area contributed by atoms with Crippen LogP contribution < -0.4 is 15.8 Å². The van der Waals surface area contributed by atoms with Gasteiger partial charge in [-0.1, -0.05) is 18.2 Å². The molecule has 90 valence electrons. The van der Waals surface area contributed by atoms with Gasteiger partial charge in [-0.3, -0.25) is 0 Å². The topological polar surface area (TPSA) is 102 Å². The number of hydrogen-bond acceptors (Lipinski definition) is 3. The first-order valence-electron chi connectivity index (χ1n) is 5.09. The predicted molar refractivity (Wildman–Crippen MR) is 58.6 cm³/mol. The normalized spacial score (nSPS) is 22.1. The Morgan fingerprint density at radius 2 is 2.12 bits per heavy atom. The van der Waals surface area contributed by atoms with Crippen molar-refractivity contribution in [2.45, 2.75) is 12.0 Å². The van der Waals surface area contributed by atoms with E-state index in [0.29, 0.717) is 11.3 Å². The van der Waals surface area contributed by atoms with Crippen LogP contribution in [0.3, 0.4) is 0 Å². The maximum Gasteiger partial charge on any atom is 0.334 e. The Hall–Kier alpha value is -2.24. The van der Waals surface area contributed by atoms with Gasteiger partial charge < -0.3 is 20.9 Å². The molecule has 0 saturated carbocycles. The summed E-state index contributed by atoms with van der Waals surface area (Å²) in [4.78, 5) is 22.4. The Morgan fingerprint density at radius 3 is 2.76 bits per heavy atom.